The number of benzene rings is 2. The molecule has 2 heterocycles. The fraction of sp³-hybridized carbons (Fsp3) is 0.400. The van der Waals surface area contributed by atoms with Gasteiger partial charge in [0.1, 0.15) is 11.3 Å². The molecule has 2 unspecified atom stereocenters. The van der Waals surface area contributed by atoms with Crippen LogP contribution in [0.4, 0.5) is 4.79 Å². The topological polar surface area (TPSA) is 100 Å². The molecule has 0 saturated carbocycles. The van der Waals surface area contributed by atoms with Gasteiger partial charge in [-0.1, -0.05) is 42.5 Å². The van der Waals surface area contributed by atoms with Gasteiger partial charge in [0.15, 0.2) is 0 Å². The number of carbonyl (C=O) groups excluding carboxylic acids is 3. The molecule has 2 aliphatic rings. The van der Waals surface area contributed by atoms with Gasteiger partial charge in [0.05, 0.1) is 19.8 Å². The summed E-state index contributed by atoms with van der Waals surface area (Å²) >= 11 is 0. The van der Waals surface area contributed by atoms with Gasteiger partial charge in [0.25, 0.3) is 11.8 Å². The molecular formula is C25H30N4O5. The highest BCUT2D eigenvalue weighted by Gasteiger charge is 2.50. The van der Waals surface area contributed by atoms with Gasteiger partial charge in [-0.15, -0.1) is 0 Å². The van der Waals surface area contributed by atoms with Crippen LogP contribution in [-0.4, -0.2) is 60.7 Å². The molecule has 2 atom stereocenters. The molecule has 34 heavy (non-hydrogen) atoms. The summed E-state index contributed by atoms with van der Waals surface area (Å²) in [6.07, 6.45) is 2.01. The molecule has 180 valence electrons. The average Bonchev–Trinajstić information content (AvgIpc) is 3.42. The van der Waals surface area contributed by atoms with Gasteiger partial charge >= 0.3 is 6.03 Å². The summed E-state index contributed by atoms with van der Waals surface area (Å²) in [6.45, 7) is 3.50. The van der Waals surface area contributed by atoms with Crippen LogP contribution in [0.5, 0.6) is 5.75 Å². The quantitative estimate of drug-likeness (QED) is 0.550. The minimum absolute atomic E-state index is 0.0189. The number of amides is 4. The maximum Gasteiger partial charge on any atom is 0.344 e. The minimum atomic E-state index is -1.29. The fourth-order valence-corrected chi connectivity index (χ4v) is 4.33. The maximum atomic E-state index is 13.1. The number of hydrogen-bond donors (Lipinski definition) is 2. The fourth-order valence-electron chi connectivity index (χ4n) is 4.33. The number of hydrazine groups is 1. The molecule has 9 nitrogen and oxygen atoms in total. The summed E-state index contributed by atoms with van der Waals surface area (Å²) in [5.74, 6) is -0.361. The Morgan fingerprint density at radius 3 is 2.59 bits per heavy atom. The summed E-state index contributed by atoms with van der Waals surface area (Å²) in [6, 6.07) is 16.0. The van der Waals surface area contributed by atoms with Crippen molar-refractivity contribution < 1.29 is 23.9 Å². The first kappa shape index (κ1) is 23.7. The van der Waals surface area contributed by atoms with E-state index in [2.05, 4.69) is 10.7 Å². The van der Waals surface area contributed by atoms with Crippen LogP contribution >= 0.6 is 0 Å². The van der Waals surface area contributed by atoms with Crippen molar-refractivity contribution in [2.45, 2.75) is 38.0 Å². The highest BCUT2D eigenvalue weighted by molar-refractivity contribution is 6.08. The largest absolute Gasteiger partial charge is 0.497 e. The lowest BCUT2D eigenvalue weighted by Crippen LogP contribution is -2.51. The van der Waals surface area contributed by atoms with Crippen molar-refractivity contribution >= 4 is 17.8 Å². The van der Waals surface area contributed by atoms with Crippen LogP contribution < -0.4 is 15.5 Å². The van der Waals surface area contributed by atoms with Gasteiger partial charge in [-0.3, -0.25) is 19.9 Å². The molecule has 0 spiro atoms. The van der Waals surface area contributed by atoms with Crippen LogP contribution in [0.2, 0.25) is 0 Å². The van der Waals surface area contributed by atoms with Crippen molar-refractivity contribution in [3.8, 4) is 5.75 Å². The molecule has 2 fully saturated rings. The van der Waals surface area contributed by atoms with Gasteiger partial charge in [0, 0.05) is 19.7 Å². The monoisotopic (exact) mass is 466 g/mol. The molecule has 0 aromatic heterocycles. The predicted octanol–water partition coefficient (Wildman–Crippen LogP) is 2.17. The number of imide groups is 1. The second-order valence-electron chi connectivity index (χ2n) is 8.75. The summed E-state index contributed by atoms with van der Waals surface area (Å²) in [5.41, 5.74) is 2.85. The predicted molar refractivity (Wildman–Crippen MR) is 125 cm³/mol. The lowest BCUT2D eigenvalue weighted by Gasteiger charge is -2.26. The lowest BCUT2D eigenvalue weighted by atomic mass is 9.92. The Bertz CT molecular complexity index is 1020. The van der Waals surface area contributed by atoms with Gasteiger partial charge < -0.3 is 14.8 Å². The van der Waals surface area contributed by atoms with Crippen LogP contribution in [0.3, 0.4) is 0 Å². The van der Waals surface area contributed by atoms with Crippen molar-refractivity contribution in [2.24, 2.45) is 0 Å². The molecular weight excluding hydrogens is 436 g/mol. The third kappa shape index (κ3) is 5.21. The number of urea groups is 1. The summed E-state index contributed by atoms with van der Waals surface area (Å²) < 4.78 is 10.9. The summed E-state index contributed by atoms with van der Waals surface area (Å²) in [5, 5.41) is 3.45. The third-order valence-corrected chi connectivity index (χ3v) is 6.20. The molecule has 9 heteroatoms. The van der Waals surface area contributed by atoms with E-state index in [1.807, 2.05) is 35.2 Å². The number of nitrogens with one attached hydrogen (secondary N) is 2. The molecule has 4 amide bonds. The number of carbonyl (C=O) groups is 3. The summed E-state index contributed by atoms with van der Waals surface area (Å²) in [4.78, 5) is 40.6. The van der Waals surface area contributed by atoms with Gasteiger partial charge in [0.2, 0.25) is 0 Å². The van der Waals surface area contributed by atoms with Crippen molar-refractivity contribution in [1.82, 2.24) is 20.7 Å². The van der Waals surface area contributed by atoms with E-state index in [1.54, 1.807) is 38.3 Å². The van der Waals surface area contributed by atoms with E-state index >= 15 is 0 Å². The van der Waals surface area contributed by atoms with E-state index in [9.17, 15) is 14.4 Å². The molecule has 0 radical (unpaired) electrons. The first-order chi connectivity index (χ1) is 16.4. The molecule has 2 aromatic carbocycles. The minimum Gasteiger partial charge on any atom is -0.497 e. The number of rotatable bonds is 9. The van der Waals surface area contributed by atoms with Crippen molar-refractivity contribution in [1.29, 1.82) is 0 Å². The van der Waals surface area contributed by atoms with Crippen LogP contribution in [0.15, 0.2) is 54.6 Å². The van der Waals surface area contributed by atoms with Gasteiger partial charge in [-0.05, 0) is 43.0 Å². The van der Waals surface area contributed by atoms with Gasteiger partial charge in [-0.25, -0.2) is 4.79 Å². The van der Waals surface area contributed by atoms with Crippen LogP contribution in [0.1, 0.15) is 30.9 Å². The SMILES string of the molecule is COc1ccc(C2(C)NC(=O)N(NC(=O)CN(Cc3ccccc3)CC3CCCO3)C2=O)cc1. The van der Waals surface area contributed by atoms with Crippen molar-refractivity contribution in [3.63, 3.8) is 0 Å². The Morgan fingerprint density at radius 1 is 1.21 bits per heavy atom. The molecule has 4 rings (SSSR count). The molecule has 0 bridgehead atoms. The Balaban J connectivity index is 1.43. The zero-order valence-electron chi connectivity index (χ0n) is 19.5. The Labute approximate surface area is 199 Å². The maximum absolute atomic E-state index is 13.1. The highest BCUT2D eigenvalue weighted by Crippen LogP contribution is 2.29. The number of nitrogens with zero attached hydrogens (tertiary/aromatic N) is 2. The molecule has 2 saturated heterocycles. The van der Waals surface area contributed by atoms with Crippen LogP contribution in [-0.2, 0) is 26.4 Å². The molecule has 0 aliphatic carbocycles. The van der Waals surface area contributed by atoms with E-state index in [4.69, 9.17) is 9.47 Å². The average molecular weight is 467 g/mol. The van der Waals surface area contributed by atoms with E-state index in [0.29, 0.717) is 24.4 Å². The lowest BCUT2D eigenvalue weighted by molar-refractivity contribution is -0.139. The zero-order valence-corrected chi connectivity index (χ0v) is 19.5. The smallest absolute Gasteiger partial charge is 0.344 e. The number of ether oxygens (including phenoxy) is 2. The summed E-state index contributed by atoms with van der Waals surface area (Å²) in [7, 11) is 1.55. The van der Waals surface area contributed by atoms with Crippen molar-refractivity contribution in [3.05, 3.63) is 65.7 Å². The second-order valence-corrected chi connectivity index (χ2v) is 8.75. The second kappa shape index (κ2) is 10.2. The first-order valence-corrected chi connectivity index (χ1v) is 11.4. The third-order valence-electron chi connectivity index (χ3n) is 6.20. The normalized spacial score (nSPS) is 22.2. The molecule has 2 N–H and O–H groups in total. The zero-order chi connectivity index (χ0) is 24.1. The van der Waals surface area contributed by atoms with Crippen LogP contribution in [0.25, 0.3) is 0 Å². The van der Waals surface area contributed by atoms with Crippen LogP contribution in [0, 0.1) is 0 Å². The van der Waals surface area contributed by atoms with E-state index < -0.39 is 23.4 Å². The number of hydrogen-bond acceptors (Lipinski definition) is 6. The van der Waals surface area contributed by atoms with E-state index in [1.165, 1.54) is 0 Å². The Hall–Kier alpha value is -3.43. The number of methoxy groups -OCH3 is 1. The molecule has 2 aliphatic heterocycles. The van der Waals surface area contributed by atoms with Crippen molar-refractivity contribution in [2.75, 3.05) is 26.8 Å². The molecule has 2 aromatic rings. The Morgan fingerprint density at radius 2 is 1.94 bits per heavy atom. The first-order valence-electron chi connectivity index (χ1n) is 11.4. The standard InChI is InChI=1S/C25H30N4O5/c1-25(19-10-12-20(33-2)13-11-19)23(31)29(24(32)26-25)27-22(30)17-28(16-21-9-6-14-34-21)15-18-7-4-3-5-8-18/h3-5,7-8,10-13,21H,6,9,14-17H2,1-2H3,(H,26,32)(H,27,30). The van der Waals surface area contributed by atoms with E-state index in [-0.39, 0.29) is 12.6 Å². The Kier molecular flexibility index (Phi) is 7.14. The highest BCUT2D eigenvalue weighted by atomic mass is 16.5. The van der Waals surface area contributed by atoms with Gasteiger partial charge in [-0.2, -0.15) is 5.01 Å². The van der Waals surface area contributed by atoms with E-state index in [0.717, 1.165) is 30.0 Å².